The third-order valence-corrected chi connectivity index (χ3v) is 4.37. The number of rotatable bonds is 3. The van der Waals surface area contributed by atoms with Gasteiger partial charge in [0.25, 0.3) is 0 Å². The van der Waals surface area contributed by atoms with Crippen LogP contribution in [0.15, 0.2) is 54.2 Å². The number of fused-ring (bicyclic) bond motifs is 2. The topological polar surface area (TPSA) is 40.7 Å². The number of anilines is 1. The van der Waals surface area contributed by atoms with E-state index in [4.69, 9.17) is 0 Å². The molecule has 0 aliphatic carbocycles. The van der Waals surface area contributed by atoms with Crippen LogP contribution in [0, 0.1) is 0 Å². The molecule has 98 valence electrons. The first-order valence-corrected chi connectivity index (χ1v) is 7.40. The lowest BCUT2D eigenvalue weighted by molar-refractivity contribution is 1.16. The van der Waals surface area contributed by atoms with Gasteiger partial charge in [0.05, 0.1) is 0 Å². The summed E-state index contributed by atoms with van der Waals surface area (Å²) >= 11 is 1.77. The van der Waals surface area contributed by atoms with Crippen molar-refractivity contribution < 1.29 is 0 Å². The van der Waals surface area contributed by atoms with E-state index < -0.39 is 0 Å². The van der Waals surface area contributed by atoms with Crippen molar-refractivity contribution in [2.45, 2.75) is 6.54 Å². The number of H-pyrrole nitrogens is 1. The fraction of sp³-hybridized carbons (Fsp3) is 0.0625. The average molecular weight is 279 g/mol. The van der Waals surface area contributed by atoms with E-state index in [0.717, 1.165) is 17.9 Å². The van der Waals surface area contributed by atoms with Crippen molar-refractivity contribution in [3.63, 3.8) is 0 Å². The van der Waals surface area contributed by atoms with Crippen LogP contribution < -0.4 is 5.32 Å². The summed E-state index contributed by atoms with van der Waals surface area (Å²) in [7, 11) is 0. The SMILES string of the molecule is c1cnc2[nH]cc(CNc3ccc4sccc4c3)c2c1. The fourth-order valence-corrected chi connectivity index (χ4v) is 3.20. The number of thiophene rings is 1. The molecule has 0 radical (unpaired) electrons. The van der Waals surface area contributed by atoms with Crippen LogP contribution in [0.25, 0.3) is 21.1 Å². The number of nitrogens with zero attached hydrogens (tertiary/aromatic N) is 1. The Hall–Kier alpha value is -2.33. The van der Waals surface area contributed by atoms with Gasteiger partial charge in [0, 0.05) is 34.7 Å². The van der Waals surface area contributed by atoms with Crippen molar-refractivity contribution >= 4 is 38.1 Å². The highest BCUT2D eigenvalue weighted by Crippen LogP contribution is 2.24. The van der Waals surface area contributed by atoms with Gasteiger partial charge in [0.15, 0.2) is 0 Å². The molecule has 0 saturated heterocycles. The van der Waals surface area contributed by atoms with Crippen molar-refractivity contribution in [3.8, 4) is 0 Å². The second-order valence-corrected chi connectivity index (χ2v) is 5.69. The molecule has 3 aromatic heterocycles. The zero-order valence-corrected chi connectivity index (χ0v) is 11.6. The lowest BCUT2D eigenvalue weighted by Gasteiger charge is -2.05. The van der Waals surface area contributed by atoms with Crippen LogP contribution in [0.4, 0.5) is 5.69 Å². The second-order valence-electron chi connectivity index (χ2n) is 4.74. The van der Waals surface area contributed by atoms with Crippen molar-refractivity contribution in [3.05, 3.63) is 59.7 Å². The number of hydrogen-bond acceptors (Lipinski definition) is 3. The normalized spacial score (nSPS) is 11.2. The minimum atomic E-state index is 0.793. The van der Waals surface area contributed by atoms with Gasteiger partial charge in [-0.3, -0.25) is 0 Å². The van der Waals surface area contributed by atoms with Gasteiger partial charge < -0.3 is 10.3 Å². The monoisotopic (exact) mass is 279 g/mol. The van der Waals surface area contributed by atoms with Gasteiger partial charge in [-0.1, -0.05) is 0 Å². The minimum Gasteiger partial charge on any atom is -0.381 e. The van der Waals surface area contributed by atoms with Gasteiger partial charge in [0.1, 0.15) is 5.65 Å². The molecule has 3 heterocycles. The third-order valence-electron chi connectivity index (χ3n) is 3.47. The van der Waals surface area contributed by atoms with Crippen LogP contribution in [-0.2, 0) is 6.54 Å². The minimum absolute atomic E-state index is 0.793. The smallest absolute Gasteiger partial charge is 0.137 e. The molecule has 4 heteroatoms. The molecular formula is C16H13N3S. The number of benzene rings is 1. The Bertz CT molecular complexity index is 875. The summed E-state index contributed by atoms with van der Waals surface area (Å²) in [6, 6.07) is 12.7. The van der Waals surface area contributed by atoms with E-state index in [1.165, 1.54) is 21.0 Å². The number of aromatic nitrogens is 2. The van der Waals surface area contributed by atoms with E-state index in [1.807, 2.05) is 12.3 Å². The van der Waals surface area contributed by atoms with Crippen LogP contribution >= 0.6 is 11.3 Å². The Labute approximate surface area is 120 Å². The van der Waals surface area contributed by atoms with Crippen LogP contribution in [-0.4, -0.2) is 9.97 Å². The molecule has 0 amide bonds. The van der Waals surface area contributed by atoms with E-state index in [2.05, 4.69) is 51.0 Å². The highest BCUT2D eigenvalue weighted by Gasteiger charge is 2.04. The first-order chi connectivity index (χ1) is 9.90. The highest BCUT2D eigenvalue weighted by molar-refractivity contribution is 7.17. The summed E-state index contributed by atoms with van der Waals surface area (Å²) in [5.74, 6) is 0. The zero-order chi connectivity index (χ0) is 13.4. The molecule has 0 unspecified atom stereocenters. The average Bonchev–Trinajstić information content (AvgIpc) is 3.11. The Kier molecular flexibility index (Phi) is 2.67. The second kappa shape index (κ2) is 4.65. The van der Waals surface area contributed by atoms with Gasteiger partial charge >= 0.3 is 0 Å². The summed E-state index contributed by atoms with van der Waals surface area (Å²) in [5.41, 5.74) is 3.32. The van der Waals surface area contributed by atoms with E-state index in [9.17, 15) is 0 Å². The molecule has 4 aromatic rings. The Balaban J connectivity index is 1.60. The van der Waals surface area contributed by atoms with E-state index in [1.54, 1.807) is 17.5 Å². The van der Waals surface area contributed by atoms with Gasteiger partial charge in [0.2, 0.25) is 0 Å². The maximum atomic E-state index is 4.31. The van der Waals surface area contributed by atoms with Gasteiger partial charge in [-0.25, -0.2) is 4.98 Å². The molecule has 0 aliphatic heterocycles. The molecular weight excluding hydrogens is 266 g/mol. The predicted octanol–water partition coefficient (Wildman–Crippen LogP) is 4.39. The van der Waals surface area contributed by atoms with Gasteiger partial charge in [-0.15, -0.1) is 11.3 Å². The summed E-state index contributed by atoms with van der Waals surface area (Å²) in [6.07, 6.45) is 3.83. The molecule has 4 rings (SSSR count). The lowest BCUT2D eigenvalue weighted by atomic mass is 10.2. The standard InChI is InChI=1S/C16H13N3S/c1-2-14-12(10-19-16(14)17-6-1)9-18-13-3-4-15-11(8-13)5-7-20-15/h1-8,10,18H,9H2,(H,17,19). The van der Waals surface area contributed by atoms with Crippen molar-refractivity contribution in [2.75, 3.05) is 5.32 Å². The van der Waals surface area contributed by atoms with E-state index in [-0.39, 0.29) is 0 Å². The largest absolute Gasteiger partial charge is 0.381 e. The number of pyridine rings is 1. The van der Waals surface area contributed by atoms with Gasteiger partial charge in [-0.05, 0) is 52.7 Å². The molecule has 2 N–H and O–H groups in total. The first kappa shape index (κ1) is 11.5. The van der Waals surface area contributed by atoms with E-state index in [0.29, 0.717) is 0 Å². The lowest BCUT2D eigenvalue weighted by Crippen LogP contribution is -1.98. The summed E-state index contributed by atoms with van der Waals surface area (Å²) < 4.78 is 1.33. The molecule has 0 spiro atoms. The maximum Gasteiger partial charge on any atom is 0.137 e. The highest BCUT2D eigenvalue weighted by atomic mass is 32.1. The third kappa shape index (κ3) is 1.94. The van der Waals surface area contributed by atoms with Crippen LogP contribution in [0.1, 0.15) is 5.56 Å². The van der Waals surface area contributed by atoms with Crippen LogP contribution in [0.2, 0.25) is 0 Å². The summed E-state index contributed by atoms with van der Waals surface area (Å²) in [5, 5.41) is 8.07. The van der Waals surface area contributed by atoms with E-state index >= 15 is 0 Å². The predicted molar refractivity (Wildman–Crippen MR) is 85.2 cm³/mol. The molecule has 1 aromatic carbocycles. The number of aromatic amines is 1. The Morgan fingerprint density at radius 1 is 1.20 bits per heavy atom. The fourth-order valence-electron chi connectivity index (χ4n) is 2.43. The summed E-state index contributed by atoms with van der Waals surface area (Å²) in [4.78, 5) is 7.51. The Morgan fingerprint density at radius 3 is 3.20 bits per heavy atom. The van der Waals surface area contributed by atoms with Crippen LogP contribution in [0.5, 0.6) is 0 Å². The van der Waals surface area contributed by atoms with Crippen LogP contribution in [0.3, 0.4) is 0 Å². The molecule has 0 fully saturated rings. The zero-order valence-electron chi connectivity index (χ0n) is 10.8. The van der Waals surface area contributed by atoms with Crippen molar-refractivity contribution in [1.82, 2.24) is 9.97 Å². The van der Waals surface area contributed by atoms with Gasteiger partial charge in [-0.2, -0.15) is 0 Å². The summed E-state index contributed by atoms with van der Waals surface area (Å²) in [6.45, 7) is 0.793. The molecule has 20 heavy (non-hydrogen) atoms. The Morgan fingerprint density at radius 2 is 2.20 bits per heavy atom. The number of hydrogen-bond donors (Lipinski definition) is 2. The first-order valence-electron chi connectivity index (χ1n) is 6.52. The molecule has 0 aliphatic rings. The maximum absolute atomic E-state index is 4.31. The number of nitrogens with one attached hydrogen (secondary N) is 2. The molecule has 0 saturated carbocycles. The molecule has 0 bridgehead atoms. The molecule has 3 nitrogen and oxygen atoms in total. The van der Waals surface area contributed by atoms with Crippen molar-refractivity contribution in [1.29, 1.82) is 0 Å². The van der Waals surface area contributed by atoms with Crippen molar-refractivity contribution in [2.24, 2.45) is 0 Å². The quantitative estimate of drug-likeness (QED) is 0.584. The molecule has 0 atom stereocenters.